The van der Waals surface area contributed by atoms with Gasteiger partial charge in [-0.05, 0) is 42.7 Å². The number of aromatic amines is 1. The predicted molar refractivity (Wildman–Crippen MR) is 183 cm³/mol. The van der Waals surface area contributed by atoms with Crippen molar-refractivity contribution in [3.8, 4) is 5.75 Å². The molecule has 6 atom stereocenters. The highest BCUT2D eigenvalue weighted by Gasteiger charge is 2.47. The van der Waals surface area contributed by atoms with E-state index in [1.165, 1.54) is 29.1 Å². The molecule has 7 N–H and O–H groups in total. The average molecular weight is 861 g/mol. The number of rotatable bonds is 12. The van der Waals surface area contributed by atoms with Crippen LogP contribution in [-0.4, -0.2) is 63.3 Å². The summed E-state index contributed by atoms with van der Waals surface area (Å²) in [5.74, 6) is -1.25. The molecular formula is C25H26Cl2N6O16P4. The molecule has 1 aliphatic carbocycles. The van der Waals surface area contributed by atoms with Gasteiger partial charge in [-0.1, -0.05) is 37.0 Å². The first-order valence-corrected chi connectivity index (χ1v) is 21.4. The molecule has 4 heterocycles. The van der Waals surface area contributed by atoms with Gasteiger partial charge in [-0.2, -0.15) is 17.9 Å². The Morgan fingerprint density at radius 1 is 1.02 bits per heavy atom. The largest absolute Gasteiger partial charge is 0.536 e. The quantitative estimate of drug-likeness (QED) is 0.108. The molecule has 0 spiro atoms. The van der Waals surface area contributed by atoms with E-state index in [2.05, 4.69) is 32.9 Å². The summed E-state index contributed by atoms with van der Waals surface area (Å²) in [6, 6.07) is 3.68. The summed E-state index contributed by atoms with van der Waals surface area (Å²) in [7, 11) is -23.4. The van der Waals surface area contributed by atoms with Crippen molar-refractivity contribution in [1.82, 2.24) is 19.5 Å². The Morgan fingerprint density at radius 2 is 1.68 bits per heavy atom. The number of ketones is 1. The molecule has 3 aliphatic rings. The molecule has 6 rings (SSSR count). The molecule has 0 amide bonds. The van der Waals surface area contributed by atoms with E-state index in [4.69, 9.17) is 42.7 Å². The highest BCUT2D eigenvalue weighted by molar-refractivity contribution is 7.69. The van der Waals surface area contributed by atoms with Crippen LogP contribution in [0.1, 0.15) is 38.5 Å². The van der Waals surface area contributed by atoms with Gasteiger partial charge in [0.15, 0.2) is 11.2 Å². The second kappa shape index (κ2) is 14.0. The lowest BCUT2D eigenvalue weighted by molar-refractivity contribution is -0.111. The van der Waals surface area contributed by atoms with E-state index in [0.717, 1.165) is 6.07 Å². The van der Waals surface area contributed by atoms with Crippen LogP contribution in [0.5, 0.6) is 5.75 Å². The molecular weight excluding hydrogens is 835 g/mol. The van der Waals surface area contributed by atoms with Crippen molar-refractivity contribution in [2.75, 3.05) is 12.3 Å². The Bertz CT molecular complexity index is 2410. The Labute approximate surface area is 306 Å². The third kappa shape index (κ3) is 8.53. The van der Waals surface area contributed by atoms with Crippen molar-refractivity contribution in [2.24, 2.45) is 4.99 Å². The number of imidazole rings is 1. The highest BCUT2D eigenvalue weighted by atomic mass is 35.5. The number of carbonyl (C=O) groups excluding carboxylic acids is 1. The van der Waals surface area contributed by atoms with E-state index in [9.17, 15) is 47.4 Å². The lowest BCUT2D eigenvalue weighted by Crippen LogP contribution is -2.32. The number of fused-ring (bicyclic) bond motifs is 3. The van der Waals surface area contributed by atoms with Crippen molar-refractivity contribution in [3.05, 3.63) is 62.2 Å². The first kappa shape index (κ1) is 39.8. The van der Waals surface area contributed by atoms with Gasteiger partial charge in [0.2, 0.25) is 11.7 Å². The van der Waals surface area contributed by atoms with E-state index in [-0.39, 0.29) is 40.0 Å². The predicted octanol–water partition coefficient (Wildman–Crippen LogP) is 4.49. The summed E-state index contributed by atoms with van der Waals surface area (Å²) < 4.78 is 78.8. The van der Waals surface area contributed by atoms with E-state index in [0.29, 0.717) is 22.5 Å². The molecule has 0 bridgehead atoms. The van der Waals surface area contributed by atoms with Crippen LogP contribution in [0.25, 0.3) is 11.2 Å². The Balaban J connectivity index is 1.06. The van der Waals surface area contributed by atoms with Crippen LogP contribution in [-0.2, 0) is 50.7 Å². The number of ether oxygens (including phenoxy) is 1. The molecule has 22 nitrogen and oxygen atoms in total. The van der Waals surface area contributed by atoms with Crippen molar-refractivity contribution in [2.45, 2.75) is 44.4 Å². The second-order valence-corrected chi connectivity index (χ2v) is 18.8. The Morgan fingerprint density at radius 3 is 2.38 bits per heavy atom. The number of phosphoric ester groups is 2. The van der Waals surface area contributed by atoms with Gasteiger partial charge in [0.25, 0.3) is 5.56 Å². The van der Waals surface area contributed by atoms with Gasteiger partial charge in [-0.3, -0.25) is 28.6 Å². The van der Waals surface area contributed by atoms with Crippen molar-refractivity contribution in [1.29, 1.82) is 0 Å². The van der Waals surface area contributed by atoms with Crippen LogP contribution >= 0.6 is 54.5 Å². The van der Waals surface area contributed by atoms with E-state index in [1.54, 1.807) is 13.8 Å². The SMILES string of the molecule is CC1(C)C2=C(Cl)C(=O)C(Cl)=CC2=Nc2ccc(OP(=O)(O)OP(=O)(O)OP(=O)(O)OP(=O)(O)OC[C@@H]3CCC(n4cnc5c(=O)[nH]c(N)nc54)O3)cc21. The number of nitrogen functional groups attached to an aromatic ring is 1. The van der Waals surface area contributed by atoms with Gasteiger partial charge in [0.05, 0.1) is 40.5 Å². The lowest BCUT2D eigenvalue weighted by Gasteiger charge is -2.36. The molecule has 1 aromatic carbocycles. The van der Waals surface area contributed by atoms with Gasteiger partial charge >= 0.3 is 31.3 Å². The van der Waals surface area contributed by atoms with Gasteiger partial charge in [0, 0.05) is 11.0 Å². The minimum absolute atomic E-state index is 0.0213. The van der Waals surface area contributed by atoms with Crippen LogP contribution in [0.15, 0.2) is 56.0 Å². The van der Waals surface area contributed by atoms with Crippen molar-refractivity contribution >= 4 is 88.8 Å². The molecule has 3 aromatic rings. The number of phosphoric acid groups is 4. The lowest BCUT2D eigenvalue weighted by atomic mass is 9.71. The van der Waals surface area contributed by atoms with E-state index in [1.807, 2.05) is 0 Å². The van der Waals surface area contributed by atoms with Gasteiger partial charge in [-0.15, -0.1) is 0 Å². The number of H-pyrrole nitrogens is 1. The fourth-order valence-electron chi connectivity index (χ4n) is 5.65. The molecule has 28 heteroatoms. The van der Waals surface area contributed by atoms with Crippen LogP contribution in [0.3, 0.4) is 0 Å². The maximum atomic E-state index is 12.7. The Kier molecular flexibility index (Phi) is 10.5. The zero-order chi connectivity index (χ0) is 38.9. The number of aromatic nitrogens is 4. The number of nitrogens with two attached hydrogens (primary N) is 1. The topological polar surface area (TPSA) is 324 Å². The number of halogens is 2. The molecule has 2 aliphatic heterocycles. The van der Waals surface area contributed by atoms with Gasteiger partial charge in [0.1, 0.15) is 12.0 Å². The molecule has 1 saturated heterocycles. The summed E-state index contributed by atoms with van der Waals surface area (Å²) in [5.41, 5.74) is 5.28. The molecule has 53 heavy (non-hydrogen) atoms. The minimum atomic E-state index is -6.09. The van der Waals surface area contributed by atoms with Gasteiger partial charge < -0.3 is 29.7 Å². The molecule has 2 aromatic heterocycles. The molecule has 1 fully saturated rings. The van der Waals surface area contributed by atoms with E-state index < -0.39 is 72.7 Å². The number of Topliss-reactive ketones (excluding diaryl/α,β-unsaturated/α-hetero) is 1. The zero-order valence-electron chi connectivity index (χ0n) is 26.8. The number of benzene rings is 1. The molecule has 5 unspecified atom stereocenters. The maximum absolute atomic E-state index is 12.7. The second-order valence-electron chi connectivity index (χ2n) is 11.9. The molecule has 0 radical (unpaired) electrons. The third-order valence-electron chi connectivity index (χ3n) is 7.77. The number of hydrogen-bond acceptors (Lipinski definition) is 16. The standard InChI is InChI=1S/C25H26Cl2N6O16P4/c1-25(2)13-7-11(3-5-15(13)30-16-8-14(26)21(34)19(27)18(16)25)46-51(38,39)48-53(42,43)49-52(40,41)47-50(36,37)44-9-12-4-6-17(45-12)33-10-29-20-22(33)31-24(28)32-23(20)35/h3,5,7-8,10,12,17H,4,6,9H2,1-2H3,(H,36,37)(H,38,39)(H,40,41)(H,42,43)(H3,28,31,32,35)/t12-,17?/m0/s1. The van der Waals surface area contributed by atoms with E-state index >= 15 is 0 Å². The van der Waals surface area contributed by atoms with Crippen molar-refractivity contribution in [3.63, 3.8) is 0 Å². The number of nitrogens with zero attached hydrogens (tertiary/aromatic N) is 4. The zero-order valence-corrected chi connectivity index (χ0v) is 31.9. The first-order chi connectivity index (χ1) is 24.5. The van der Waals surface area contributed by atoms with Gasteiger partial charge in [-0.25, -0.2) is 28.2 Å². The third-order valence-corrected chi connectivity index (χ3v) is 14.3. The monoisotopic (exact) mass is 860 g/mol. The fraction of sp³-hybridized carbons (Fsp3) is 0.320. The number of anilines is 1. The van der Waals surface area contributed by atoms with Crippen LogP contribution in [0.2, 0.25) is 0 Å². The van der Waals surface area contributed by atoms with Crippen molar-refractivity contribution < 1.29 is 69.3 Å². The summed E-state index contributed by atoms with van der Waals surface area (Å²) in [6.07, 6.45) is 1.40. The number of allylic oxidation sites excluding steroid dienone is 4. The number of aliphatic imine (C=N–C) groups is 1. The summed E-state index contributed by atoms with van der Waals surface area (Å²) >= 11 is 12.3. The normalized spacial score (nSPS) is 24.3. The Hall–Kier alpha value is -2.87. The minimum Gasteiger partial charge on any atom is -0.404 e. The fourth-order valence-corrected chi connectivity index (χ4v) is 11.3. The van der Waals surface area contributed by atoms with Crippen LogP contribution < -0.4 is 15.8 Å². The smallest absolute Gasteiger partial charge is 0.404 e. The number of hydrogen-bond donors (Lipinski definition) is 6. The average Bonchev–Trinajstić information content (AvgIpc) is 3.64. The number of nitrogens with one attached hydrogen (secondary N) is 1. The maximum Gasteiger partial charge on any atom is 0.536 e. The summed E-state index contributed by atoms with van der Waals surface area (Å²) in [5, 5.41) is -0.359. The number of carbonyl (C=O) groups is 1. The van der Waals surface area contributed by atoms with Crippen LogP contribution in [0.4, 0.5) is 11.6 Å². The molecule has 286 valence electrons. The highest BCUT2D eigenvalue weighted by Crippen LogP contribution is 2.71. The first-order valence-electron chi connectivity index (χ1n) is 14.7. The summed E-state index contributed by atoms with van der Waals surface area (Å²) in [4.78, 5) is 79.3. The summed E-state index contributed by atoms with van der Waals surface area (Å²) in [6.45, 7) is 2.61. The molecule has 0 saturated carbocycles. The van der Waals surface area contributed by atoms with Crippen LogP contribution in [0, 0.1) is 0 Å².